The van der Waals surface area contributed by atoms with Gasteiger partial charge in [-0.3, -0.25) is 4.79 Å². The molecule has 8 heteroatoms. The van der Waals surface area contributed by atoms with Crippen LogP contribution in [0.2, 0.25) is 5.02 Å². The molecule has 0 bridgehead atoms. The highest BCUT2D eigenvalue weighted by atomic mass is 35.5. The molecule has 3 aromatic carbocycles. The molecule has 198 valence electrons. The molecule has 0 saturated carbocycles. The lowest BCUT2D eigenvalue weighted by Crippen LogP contribution is -2.41. The molecule has 1 fully saturated rings. The van der Waals surface area contributed by atoms with E-state index in [4.69, 9.17) is 26.1 Å². The van der Waals surface area contributed by atoms with Crippen LogP contribution in [-0.4, -0.2) is 54.8 Å². The summed E-state index contributed by atoms with van der Waals surface area (Å²) in [5, 5.41) is 4.74. The summed E-state index contributed by atoms with van der Waals surface area (Å²) in [7, 11) is 0. The fourth-order valence-corrected chi connectivity index (χ4v) is 5.74. The maximum atomic E-state index is 13.5. The van der Waals surface area contributed by atoms with Crippen LogP contribution >= 0.6 is 11.6 Å². The normalized spacial score (nSPS) is 15.5. The van der Waals surface area contributed by atoms with E-state index >= 15 is 0 Å². The SMILES string of the molecule is C[C@H](NC(=O)OCC1c2ccccc2-c2ccccc21)c1cc2cccc(Cl)c2c(C(=O)N2CCOCC2)n1. The topological polar surface area (TPSA) is 80.8 Å². The summed E-state index contributed by atoms with van der Waals surface area (Å²) in [6, 6.07) is 23.3. The van der Waals surface area contributed by atoms with Gasteiger partial charge in [-0.2, -0.15) is 0 Å². The van der Waals surface area contributed by atoms with Crippen LogP contribution in [0.3, 0.4) is 0 Å². The number of nitrogens with zero attached hydrogens (tertiary/aromatic N) is 2. The van der Waals surface area contributed by atoms with Gasteiger partial charge in [-0.1, -0.05) is 72.3 Å². The Balaban J connectivity index is 1.21. The molecule has 6 rings (SSSR count). The van der Waals surface area contributed by atoms with Crippen molar-refractivity contribution in [1.82, 2.24) is 15.2 Å². The van der Waals surface area contributed by atoms with Crippen LogP contribution in [0.25, 0.3) is 21.9 Å². The molecule has 1 N–H and O–H groups in total. The molecule has 2 aliphatic rings. The van der Waals surface area contributed by atoms with Crippen LogP contribution in [0.15, 0.2) is 72.8 Å². The van der Waals surface area contributed by atoms with Crippen molar-refractivity contribution in [1.29, 1.82) is 0 Å². The molecule has 1 atom stereocenters. The molecule has 1 aromatic heterocycles. The number of aromatic nitrogens is 1. The number of rotatable bonds is 5. The highest BCUT2D eigenvalue weighted by molar-refractivity contribution is 6.36. The summed E-state index contributed by atoms with van der Waals surface area (Å²) in [5.41, 5.74) is 5.47. The maximum absolute atomic E-state index is 13.5. The smallest absolute Gasteiger partial charge is 0.407 e. The largest absolute Gasteiger partial charge is 0.449 e. The summed E-state index contributed by atoms with van der Waals surface area (Å²) >= 11 is 6.51. The van der Waals surface area contributed by atoms with Crippen LogP contribution in [-0.2, 0) is 9.47 Å². The van der Waals surface area contributed by atoms with Crippen LogP contribution in [0.1, 0.15) is 46.2 Å². The Labute approximate surface area is 231 Å². The summed E-state index contributed by atoms with van der Waals surface area (Å²) in [6.45, 7) is 3.99. The Morgan fingerprint density at radius 3 is 2.38 bits per heavy atom. The molecule has 7 nitrogen and oxygen atoms in total. The number of ether oxygens (including phenoxy) is 2. The maximum Gasteiger partial charge on any atom is 0.407 e. The van der Waals surface area contributed by atoms with Crippen LogP contribution in [0.5, 0.6) is 0 Å². The third kappa shape index (κ3) is 4.84. The zero-order valence-corrected chi connectivity index (χ0v) is 22.3. The highest BCUT2D eigenvalue weighted by Gasteiger charge is 2.29. The van der Waals surface area contributed by atoms with E-state index in [2.05, 4.69) is 29.6 Å². The molecular formula is C31H28ClN3O4. The second-order valence-corrected chi connectivity index (χ2v) is 10.2. The van der Waals surface area contributed by atoms with E-state index in [1.165, 1.54) is 11.1 Å². The molecule has 0 spiro atoms. The molecule has 1 saturated heterocycles. The van der Waals surface area contributed by atoms with Crippen molar-refractivity contribution >= 4 is 34.4 Å². The predicted octanol–water partition coefficient (Wildman–Crippen LogP) is 5.96. The van der Waals surface area contributed by atoms with E-state index in [0.717, 1.165) is 16.5 Å². The van der Waals surface area contributed by atoms with Gasteiger partial charge in [0.25, 0.3) is 5.91 Å². The first-order valence-electron chi connectivity index (χ1n) is 13.1. The van der Waals surface area contributed by atoms with E-state index in [1.807, 2.05) is 49.4 Å². The van der Waals surface area contributed by atoms with Gasteiger partial charge in [0.1, 0.15) is 12.3 Å². The van der Waals surface area contributed by atoms with Gasteiger partial charge in [-0.25, -0.2) is 9.78 Å². The molecule has 4 aromatic rings. The third-order valence-corrected chi connectivity index (χ3v) is 7.76. The molecule has 0 unspecified atom stereocenters. The summed E-state index contributed by atoms with van der Waals surface area (Å²) < 4.78 is 11.1. The van der Waals surface area contributed by atoms with Gasteiger partial charge in [-0.15, -0.1) is 0 Å². The first kappa shape index (κ1) is 25.3. The van der Waals surface area contributed by atoms with Gasteiger partial charge in [0, 0.05) is 24.4 Å². The van der Waals surface area contributed by atoms with Crippen molar-refractivity contribution in [2.75, 3.05) is 32.9 Å². The van der Waals surface area contributed by atoms with E-state index in [-0.39, 0.29) is 24.1 Å². The van der Waals surface area contributed by atoms with Crippen LogP contribution in [0.4, 0.5) is 4.79 Å². The van der Waals surface area contributed by atoms with Crippen molar-refractivity contribution in [2.45, 2.75) is 18.9 Å². The number of carbonyl (C=O) groups excluding carboxylic acids is 2. The van der Waals surface area contributed by atoms with Crippen molar-refractivity contribution < 1.29 is 19.1 Å². The van der Waals surface area contributed by atoms with Crippen molar-refractivity contribution in [3.8, 4) is 11.1 Å². The van der Waals surface area contributed by atoms with E-state index < -0.39 is 12.1 Å². The zero-order valence-electron chi connectivity index (χ0n) is 21.5. The van der Waals surface area contributed by atoms with Gasteiger partial charge >= 0.3 is 6.09 Å². The van der Waals surface area contributed by atoms with Crippen LogP contribution in [0, 0.1) is 0 Å². The van der Waals surface area contributed by atoms with E-state index in [9.17, 15) is 9.59 Å². The van der Waals surface area contributed by atoms with Crippen LogP contribution < -0.4 is 5.32 Å². The quantitative estimate of drug-likeness (QED) is 0.337. The van der Waals surface area contributed by atoms with Crippen molar-refractivity contribution in [2.24, 2.45) is 0 Å². The number of fused-ring (bicyclic) bond motifs is 4. The number of pyridine rings is 1. The van der Waals surface area contributed by atoms with E-state index in [1.54, 1.807) is 11.0 Å². The number of halogens is 1. The standard InChI is InChI=1S/C31H28ClN3O4/c1-19(33-31(37)39-18-25-23-10-4-2-8-21(23)22-9-3-5-11-24(22)25)27-17-20-7-6-12-26(32)28(20)29(34-27)30(36)35-13-15-38-16-14-35/h2-12,17,19,25H,13-16,18H2,1H3,(H,33,37)/t19-/m0/s1. The first-order chi connectivity index (χ1) is 19.0. The molecule has 1 aliphatic carbocycles. The van der Waals surface area contributed by atoms with Gasteiger partial charge in [0.2, 0.25) is 0 Å². The lowest BCUT2D eigenvalue weighted by molar-refractivity contribution is 0.0300. The molecule has 2 amide bonds. The van der Waals surface area contributed by atoms with Gasteiger partial charge in [0.15, 0.2) is 0 Å². The number of hydrogen-bond donors (Lipinski definition) is 1. The minimum atomic E-state index is -0.543. The first-order valence-corrected chi connectivity index (χ1v) is 13.5. The number of amides is 2. The number of morpholine rings is 1. The minimum Gasteiger partial charge on any atom is -0.449 e. The Morgan fingerprint density at radius 2 is 1.69 bits per heavy atom. The lowest BCUT2D eigenvalue weighted by Gasteiger charge is -2.27. The van der Waals surface area contributed by atoms with Crippen molar-refractivity contribution in [3.05, 3.63) is 100 Å². The Hall–Kier alpha value is -3.94. The summed E-state index contributed by atoms with van der Waals surface area (Å²) in [6.07, 6.45) is -0.543. The second kappa shape index (κ2) is 10.7. The monoisotopic (exact) mass is 541 g/mol. The van der Waals surface area contributed by atoms with Gasteiger partial charge < -0.3 is 19.7 Å². The number of carbonyl (C=O) groups is 2. The summed E-state index contributed by atoms with van der Waals surface area (Å²) in [5.74, 6) is -0.233. The summed E-state index contributed by atoms with van der Waals surface area (Å²) in [4.78, 5) is 32.8. The Kier molecular flexibility index (Phi) is 6.94. The number of benzene rings is 3. The molecule has 39 heavy (non-hydrogen) atoms. The Bertz CT molecular complexity index is 1520. The van der Waals surface area contributed by atoms with E-state index in [0.29, 0.717) is 42.4 Å². The van der Waals surface area contributed by atoms with Gasteiger partial charge in [0.05, 0.1) is 30.0 Å². The van der Waals surface area contributed by atoms with Crippen molar-refractivity contribution in [3.63, 3.8) is 0 Å². The van der Waals surface area contributed by atoms with Gasteiger partial charge in [-0.05, 0) is 46.7 Å². The number of alkyl carbamates (subject to hydrolysis) is 1. The average molecular weight is 542 g/mol. The number of nitrogens with one attached hydrogen (secondary N) is 1. The Morgan fingerprint density at radius 1 is 1.03 bits per heavy atom. The molecule has 1 aliphatic heterocycles. The molecule has 0 radical (unpaired) electrons. The fourth-order valence-electron chi connectivity index (χ4n) is 5.47. The lowest BCUT2D eigenvalue weighted by atomic mass is 9.98. The molecular weight excluding hydrogens is 514 g/mol. The highest BCUT2D eigenvalue weighted by Crippen LogP contribution is 2.44. The number of hydrogen-bond acceptors (Lipinski definition) is 5. The molecule has 2 heterocycles. The fraction of sp³-hybridized carbons (Fsp3) is 0.258. The second-order valence-electron chi connectivity index (χ2n) is 9.83. The zero-order chi connectivity index (χ0) is 26.9. The third-order valence-electron chi connectivity index (χ3n) is 7.45. The minimum absolute atomic E-state index is 0.0304. The average Bonchev–Trinajstić information content (AvgIpc) is 3.29. The predicted molar refractivity (Wildman–Crippen MR) is 150 cm³/mol.